The van der Waals surface area contributed by atoms with Crippen molar-refractivity contribution in [3.8, 4) is 11.8 Å². The molecule has 0 spiro atoms. The highest BCUT2D eigenvalue weighted by Gasteiger charge is 2.15. The fourth-order valence-electron chi connectivity index (χ4n) is 2.18. The predicted octanol–water partition coefficient (Wildman–Crippen LogP) is 3.14. The molecule has 0 aliphatic rings. The molecule has 1 aromatic carbocycles. The molecule has 0 aliphatic heterocycles. The Hall–Kier alpha value is -2.68. The Kier molecular flexibility index (Phi) is 5.12. The number of nitrogens with one attached hydrogen (secondary N) is 2. The van der Waals surface area contributed by atoms with Gasteiger partial charge in [0.1, 0.15) is 17.4 Å². The van der Waals surface area contributed by atoms with E-state index in [-0.39, 0.29) is 6.61 Å². The lowest BCUT2D eigenvalue weighted by molar-refractivity contribution is 0.0528. The Morgan fingerprint density at radius 2 is 2.17 bits per heavy atom. The first-order valence-electron chi connectivity index (χ1n) is 7.45. The zero-order chi connectivity index (χ0) is 16.9. The molecule has 0 atom stereocenters. The van der Waals surface area contributed by atoms with Crippen LogP contribution in [-0.4, -0.2) is 29.8 Å². The van der Waals surface area contributed by atoms with Crippen LogP contribution in [0.1, 0.15) is 26.3 Å². The van der Waals surface area contributed by atoms with Gasteiger partial charge in [-0.3, -0.25) is 0 Å². The Bertz CT molecular complexity index is 723. The van der Waals surface area contributed by atoms with Gasteiger partial charge in [0.05, 0.1) is 0 Å². The Labute approximate surface area is 135 Å². The van der Waals surface area contributed by atoms with E-state index in [1.807, 2.05) is 51.2 Å². The highest BCUT2D eigenvalue weighted by Crippen LogP contribution is 2.24. The summed E-state index contributed by atoms with van der Waals surface area (Å²) in [6.07, 6.45) is 2.16. The zero-order valence-electron chi connectivity index (χ0n) is 13.6. The summed E-state index contributed by atoms with van der Waals surface area (Å²) in [7, 11) is 0. The number of rotatable bonds is 5. The van der Waals surface area contributed by atoms with E-state index in [0.717, 1.165) is 16.5 Å². The predicted molar refractivity (Wildman–Crippen MR) is 87.3 cm³/mol. The summed E-state index contributed by atoms with van der Waals surface area (Å²) in [5, 5.41) is 12.3. The average molecular weight is 315 g/mol. The summed E-state index contributed by atoms with van der Waals surface area (Å²) in [5.74, 6) is 0.653. The molecule has 1 heterocycles. The van der Waals surface area contributed by atoms with Gasteiger partial charge in [-0.2, -0.15) is 5.26 Å². The first-order valence-corrected chi connectivity index (χ1v) is 7.45. The van der Waals surface area contributed by atoms with Crippen LogP contribution in [0.3, 0.4) is 0 Å². The summed E-state index contributed by atoms with van der Waals surface area (Å²) in [5.41, 5.74) is 1.55. The van der Waals surface area contributed by atoms with E-state index in [1.165, 1.54) is 0 Å². The van der Waals surface area contributed by atoms with Crippen molar-refractivity contribution in [1.82, 2.24) is 10.3 Å². The van der Waals surface area contributed by atoms with Crippen LogP contribution in [0.5, 0.6) is 5.75 Å². The molecule has 0 radical (unpaired) electrons. The lowest BCUT2D eigenvalue weighted by atomic mass is 10.1. The van der Waals surface area contributed by atoms with Crippen molar-refractivity contribution in [2.24, 2.45) is 0 Å². The van der Waals surface area contributed by atoms with Gasteiger partial charge in [0.15, 0.2) is 6.61 Å². The van der Waals surface area contributed by atoms with Gasteiger partial charge in [0.25, 0.3) is 0 Å². The number of hydrogen-bond donors (Lipinski definition) is 2. The smallest absolute Gasteiger partial charge is 0.407 e. The van der Waals surface area contributed by atoms with Crippen LogP contribution < -0.4 is 10.1 Å². The van der Waals surface area contributed by atoms with Crippen molar-refractivity contribution in [3.63, 3.8) is 0 Å². The summed E-state index contributed by atoms with van der Waals surface area (Å²) in [4.78, 5) is 14.8. The molecule has 0 saturated carbocycles. The van der Waals surface area contributed by atoms with Gasteiger partial charge < -0.3 is 19.8 Å². The Balaban J connectivity index is 1.97. The molecule has 0 bridgehead atoms. The molecule has 0 aliphatic carbocycles. The van der Waals surface area contributed by atoms with Crippen LogP contribution in [0.15, 0.2) is 24.4 Å². The number of aromatic nitrogens is 1. The third-order valence-electron chi connectivity index (χ3n) is 3.10. The molecular formula is C17H21N3O3. The molecular weight excluding hydrogens is 294 g/mol. The number of aromatic amines is 1. The second kappa shape index (κ2) is 7.05. The number of amides is 1. The molecule has 23 heavy (non-hydrogen) atoms. The number of carbonyl (C=O) groups is 1. The van der Waals surface area contributed by atoms with Gasteiger partial charge in [0.2, 0.25) is 0 Å². The molecule has 0 saturated heterocycles. The number of hydrogen-bond acceptors (Lipinski definition) is 4. The van der Waals surface area contributed by atoms with Gasteiger partial charge in [-0.25, -0.2) is 4.79 Å². The average Bonchev–Trinajstić information content (AvgIpc) is 2.86. The lowest BCUT2D eigenvalue weighted by Crippen LogP contribution is -2.33. The monoisotopic (exact) mass is 315 g/mol. The van der Waals surface area contributed by atoms with Gasteiger partial charge in [-0.15, -0.1) is 0 Å². The van der Waals surface area contributed by atoms with E-state index in [1.54, 1.807) is 0 Å². The van der Waals surface area contributed by atoms with Crippen molar-refractivity contribution in [2.75, 3.05) is 13.2 Å². The third kappa shape index (κ3) is 4.92. The SMILES string of the molecule is CC(C)(C)OC(=O)NCCc1c[nH]c2ccc(OCC#N)cc12. The van der Waals surface area contributed by atoms with Gasteiger partial charge in [-0.1, -0.05) is 0 Å². The minimum Gasteiger partial charge on any atom is -0.479 e. The first-order chi connectivity index (χ1) is 10.9. The number of alkyl carbamates (subject to hydrolysis) is 1. The maximum atomic E-state index is 11.6. The minimum atomic E-state index is -0.502. The quantitative estimate of drug-likeness (QED) is 0.887. The third-order valence-corrected chi connectivity index (χ3v) is 3.10. The maximum absolute atomic E-state index is 11.6. The largest absolute Gasteiger partial charge is 0.479 e. The molecule has 0 fully saturated rings. The van der Waals surface area contributed by atoms with E-state index >= 15 is 0 Å². The molecule has 2 aromatic rings. The summed E-state index contributed by atoms with van der Waals surface area (Å²) in [6, 6.07) is 7.57. The number of nitriles is 1. The summed E-state index contributed by atoms with van der Waals surface area (Å²) >= 11 is 0. The van der Waals surface area contributed by atoms with Crippen LogP contribution >= 0.6 is 0 Å². The fraction of sp³-hybridized carbons (Fsp3) is 0.412. The molecule has 6 heteroatoms. The van der Waals surface area contributed by atoms with Crippen LogP contribution in [0.25, 0.3) is 10.9 Å². The first kappa shape index (κ1) is 16.7. The van der Waals surface area contributed by atoms with Crippen molar-refractivity contribution < 1.29 is 14.3 Å². The second-order valence-electron chi connectivity index (χ2n) is 6.15. The zero-order valence-corrected chi connectivity index (χ0v) is 13.6. The number of benzene rings is 1. The van der Waals surface area contributed by atoms with Gasteiger partial charge >= 0.3 is 6.09 Å². The van der Waals surface area contributed by atoms with Crippen LogP contribution in [0, 0.1) is 11.3 Å². The lowest BCUT2D eigenvalue weighted by Gasteiger charge is -2.19. The topological polar surface area (TPSA) is 87.1 Å². The minimum absolute atomic E-state index is 0.0193. The van der Waals surface area contributed by atoms with Crippen molar-refractivity contribution in [3.05, 3.63) is 30.0 Å². The molecule has 2 rings (SSSR count). The van der Waals surface area contributed by atoms with Crippen LogP contribution in [0.4, 0.5) is 4.79 Å². The summed E-state index contributed by atoms with van der Waals surface area (Å²) in [6.45, 7) is 5.98. The Morgan fingerprint density at radius 3 is 2.87 bits per heavy atom. The normalized spacial score (nSPS) is 11.0. The van der Waals surface area contributed by atoms with E-state index in [0.29, 0.717) is 18.7 Å². The van der Waals surface area contributed by atoms with E-state index in [4.69, 9.17) is 14.7 Å². The maximum Gasteiger partial charge on any atom is 0.407 e. The van der Waals surface area contributed by atoms with E-state index in [2.05, 4.69) is 10.3 Å². The highest BCUT2D eigenvalue weighted by atomic mass is 16.6. The van der Waals surface area contributed by atoms with Crippen LogP contribution in [0.2, 0.25) is 0 Å². The summed E-state index contributed by atoms with van der Waals surface area (Å²) < 4.78 is 10.5. The van der Waals surface area contributed by atoms with Crippen molar-refractivity contribution in [1.29, 1.82) is 5.26 Å². The Morgan fingerprint density at radius 1 is 1.39 bits per heavy atom. The number of fused-ring (bicyclic) bond motifs is 1. The molecule has 122 valence electrons. The number of carbonyl (C=O) groups excluding carboxylic acids is 1. The molecule has 1 amide bonds. The molecule has 1 aromatic heterocycles. The standard InChI is InChI=1S/C17H21N3O3/c1-17(2,3)23-16(21)19-8-6-12-11-20-15-5-4-13(10-14(12)15)22-9-7-18/h4-5,10-11,20H,6,8-9H2,1-3H3,(H,19,21). The van der Waals surface area contributed by atoms with Gasteiger partial charge in [0, 0.05) is 23.6 Å². The van der Waals surface area contributed by atoms with E-state index in [9.17, 15) is 4.79 Å². The van der Waals surface area contributed by atoms with Crippen molar-refractivity contribution in [2.45, 2.75) is 32.8 Å². The number of nitrogens with zero attached hydrogens (tertiary/aromatic N) is 1. The fourth-order valence-corrected chi connectivity index (χ4v) is 2.18. The molecule has 6 nitrogen and oxygen atoms in total. The highest BCUT2D eigenvalue weighted by molar-refractivity contribution is 5.84. The molecule has 0 unspecified atom stereocenters. The second-order valence-corrected chi connectivity index (χ2v) is 6.15. The van der Waals surface area contributed by atoms with Crippen LogP contribution in [-0.2, 0) is 11.2 Å². The number of H-pyrrole nitrogens is 1. The van der Waals surface area contributed by atoms with E-state index < -0.39 is 11.7 Å². The van der Waals surface area contributed by atoms with Gasteiger partial charge in [-0.05, 0) is 51.0 Å². The molecule has 2 N–H and O–H groups in total. The number of ether oxygens (including phenoxy) is 2. The van der Waals surface area contributed by atoms with Crippen molar-refractivity contribution >= 4 is 17.0 Å².